The third-order valence-corrected chi connectivity index (χ3v) is 2.84. The summed E-state index contributed by atoms with van der Waals surface area (Å²) in [5, 5.41) is 0. The molecule has 1 aliphatic heterocycles. The highest BCUT2D eigenvalue weighted by molar-refractivity contribution is 7.85. The fourth-order valence-corrected chi connectivity index (χ4v) is 2.31. The number of nitrogens with zero attached hydrogens (tertiary/aromatic N) is 1. The molecular weight excluding hydrogens is 238 g/mol. The standard InChI is InChI=1S/C11H23N.CH4O3S/c1-3-6-11-7-5-9-12(10-11)8-4-2;1-5(2,3)4/h11H,3-10H2,1-2H3;1H3,(H,2,3,4). The first-order chi connectivity index (χ1) is 7.86. The van der Waals surface area contributed by atoms with Crippen LogP contribution in [0.25, 0.3) is 0 Å². The molecule has 0 amide bonds. The zero-order valence-electron chi connectivity index (χ0n) is 11.4. The number of piperidine rings is 1. The summed E-state index contributed by atoms with van der Waals surface area (Å²) < 4.78 is 25.9. The summed E-state index contributed by atoms with van der Waals surface area (Å²) >= 11 is 0. The molecule has 0 saturated carbocycles. The van der Waals surface area contributed by atoms with E-state index in [9.17, 15) is 8.42 Å². The van der Waals surface area contributed by atoms with Gasteiger partial charge in [0.15, 0.2) is 0 Å². The molecule has 0 bridgehead atoms. The first-order valence-corrected chi connectivity index (χ1v) is 8.36. The molecule has 4 nitrogen and oxygen atoms in total. The van der Waals surface area contributed by atoms with Crippen molar-refractivity contribution in [2.75, 3.05) is 25.9 Å². The van der Waals surface area contributed by atoms with Crippen LogP contribution in [-0.4, -0.2) is 43.8 Å². The third-order valence-electron chi connectivity index (χ3n) is 2.84. The Bertz CT molecular complexity index is 253. The minimum absolute atomic E-state index is 0.715. The van der Waals surface area contributed by atoms with Crippen molar-refractivity contribution in [3.63, 3.8) is 0 Å². The van der Waals surface area contributed by atoms with Crippen LogP contribution in [0.15, 0.2) is 0 Å². The number of rotatable bonds is 4. The van der Waals surface area contributed by atoms with Gasteiger partial charge in [-0.05, 0) is 44.7 Å². The van der Waals surface area contributed by atoms with E-state index in [4.69, 9.17) is 4.55 Å². The van der Waals surface area contributed by atoms with E-state index in [-0.39, 0.29) is 0 Å². The van der Waals surface area contributed by atoms with Gasteiger partial charge < -0.3 is 4.90 Å². The lowest BCUT2D eigenvalue weighted by Gasteiger charge is -2.32. The van der Waals surface area contributed by atoms with Gasteiger partial charge in [-0.1, -0.05) is 20.3 Å². The van der Waals surface area contributed by atoms with Crippen LogP contribution in [0.3, 0.4) is 0 Å². The van der Waals surface area contributed by atoms with Crippen LogP contribution in [0.2, 0.25) is 0 Å². The van der Waals surface area contributed by atoms with Gasteiger partial charge in [-0.3, -0.25) is 4.55 Å². The van der Waals surface area contributed by atoms with Crippen molar-refractivity contribution in [2.45, 2.75) is 46.0 Å². The van der Waals surface area contributed by atoms with Crippen LogP contribution in [0.5, 0.6) is 0 Å². The maximum Gasteiger partial charge on any atom is 0.261 e. The molecule has 1 rings (SSSR count). The van der Waals surface area contributed by atoms with Crippen molar-refractivity contribution in [2.24, 2.45) is 5.92 Å². The van der Waals surface area contributed by atoms with Crippen molar-refractivity contribution >= 4 is 10.1 Å². The number of hydrogen-bond acceptors (Lipinski definition) is 3. The lowest BCUT2D eigenvalue weighted by atomic mass is 9.94. The van der Waals surface area contributed by atoms with Crippen LogP contribution in [0, 0.1) is 5.92 Å². The average molecular weight is 265 g/mol. The van der Waals surface area contributed by atoms with E-state index in [1.165, 1.54) is 51.7 Å². The van der Waals surface area contributed by atoms with Gasteiger partial charge >= 0.3 is 0 Å². The van der Waals surface area contributed by atoms with E-state index in [2.05, 4.69) is 18.7 Å². The highest BCUT2D eigenvalue weighted by atomic mass is 32.2. The fourth-order valence-electron chi connectivity index (χ4n) is 2.31. The fraction of sp³-hybridized carbons (Fsp3) is 1.00. The lowest BCUT2D eigenvalue weighted by molar-refractivity contribution is 0.168. The zero-order valence-corrected chi connectivity index (χ0v) is 12.2. The Hall–Kier alpha value is -0.130. The van der Waals surface area contributed by atoms with Crippen LogP contribution in [-0.2, 0) is 10.1 Å². The molecule has 1 unspecified atom stereocenters. The van der Waals surface area contributed by atoms with E-state index in [1.54, 1.807) is 0 Å². The highest BCUT2D eigenvalue weighted by Crippen LogP contribution is 2.20. The molecule has 0 aromatic rings. The minimum Gasteiger partial charge on any atom is -0.303 e. The van der Waals surface area contributed by atoms with Gasteiger partial charge in [0.05, 0.1) is 6.26 Å². The van der Waals surface area contributed by atoms with Gasteiger partial charge in [-0.2, -0.15) is 8.42 Å². The molecule has 0 aromatic carbocycles. The zero-order chi connectivity index (χ0) is 13.3. The summed E-state index contributed by atoms with van der Waals surface area (Å²) in [6.07, 6.45) is 7.76. The molecule has 1 aliphatic rings. The van der Waals surface area contributed by atoms with Crippen molar-refractivity contribution < 1.29 is 13.0 Å². The summed E-state index contributed by atoms with van der Waals surface area (Å²) in [5.41, 5.74) is 0. The second-order valence-corrected chi connectivity index (χ2v) is 6.30. The molecule has 104 valence electrons. The summed E-state index contributed by atoms with van der Waals surface area (Å²) in [4.78, 5) is 2.64. The van der Waals surface area contributed by atoms with Gasteiger partial charge in [0.25, 0.3) is 10.1 Å². The number of hydrogen-bond donors (Lipinski definition) is 1. The van der Waals surface area contributed by atoms with E-state index < -0.39 is 10.1 Å². The summed E-state index contributed by atoms with van der Waals surface area (Å²) in [6, 6.07) is 0. The summed E-state index contributed by atoms with van der Waals surface area (Å²) in [6.45, 7) is 8.64. The van der Waals surface area contributed by atoms with E-state index in [1.807, 2.05) is 0 Å². The maximum atomic E-state index is 9.19. The Kier molecular flexibility index (Phi) is 8.82. The molecule has 1 atom stereocenters. The predicted molar refractivity (Wildman–Crippen MR) is 71.8 cm³/mol. The third kappa shape index (κ3) is 12.1. The Morgan fingerprint density at radius 2 is 1.88 bits per heavy atom. The van der Waals surface area contributed by atoms with E-state index >= 15 is 0 Å². The first kappa shape index (κ1) is 16.9. The molecule has 1 saturated heterocycles. The molecule has 1 fully saturated rings. The van der Waals surface area contributed by atoms with Crippen molar-refractivity contribution in [3.8, 4) is 0 Å². The Morgan fingerprint density at radius 3 is 2.35 bits per heavy atom. The monoisotopic (exact) mass is 265 g/mol. The van der Waals surface area contributed by atoms with Crippen molar-refractivity contribution in [1.82, 2.24) is 4.90 Å². The minimum atomic E-state index is -3.67. The molecule has 5 heteroatoms. The van der Waals surface area contributed by atoms with Crippen LogP contribution >= 0.6 is 0 Å². The van der Waals surface area contributed by atoms with Gasteiger partial charge in [0.1, 0.15) is 0 Å². The van der Waals surface area contributed by atoms with Crippen molar-refractivity contribution in [3.05, 3.63) is 0 Å². The second kappa shape index (κ2) is 8.89. The molecular formula is C12H27NO3S. The average Bonchev–Trinajstić information content (AvgIpc) is 2.16. The van der Waals surface area contributed by atoms with Crippen LogP contribution < -0.4 is 0 Å². The Balaban J connectivity index is 0.000000437. The number of likely N-dealkylation sites (tertiary alicyclic amines) is 1. The Labute approximate surface area is 106 Å². The largest absolute Gasteiger partial charge is 0.303 e. The SMILES string of the molecule is CCCC1CCCN(CCC)C1.CS(=O)(=O)O. The maximum absolute atomic E-state index is 9.19. The van der Waals surface area contributed by atoms with Crippen LogP contribution in [0.1, 0.15) is 46.0 Å². The molecule has 1 N–H and O–H groups in total. The Morgan fingerprint density at radius 1 is 1.29 bits per heavy atom. The summed E-state index contributed by atoms with van der Waals surface area (Å²) in [7, 11) is -3.67. The van der Waals surface area contributed by atoms with Crippen LogP contribution in [0.4, 0.5) is 0 Å². The highest BCUT2D eigenvalue weighted by Gasteiger charge is 2.17. The smallest absolute Gasteiger partial charge is 0.261 e. The van der Waals surface area contributed by atoms with Gasteiger partial charge in [-0.15, -0.1) is 0 Å². The topological polar surface area (TPSA) is 57.6 Å². The van der Waals surface area contributed by atoms with E-state index in [0.29, 0.717) is 6.26 Å². The molecule has 17 heavy (non-hydrogen) atoms. The van der Waals surface area contributed by atoms with Crippen molar-refractivity contribution in [1.29, 1.82) is 0 Å². The molecule has 0 aromatic heterocycles. The normalized spacial score (nSPS) is 21.8. The van der Waals surface area contributed by atoms with Gasteiger partial charge in [0.2, 0.25) is 0 Å². The quantitative estimate of drug-likeness (QED) is 0.793. The molecule has 0 aliphatic carbocycles. The molecule has 1 heterocycles. The predicted octanol–water partition coefficient (Wildman–Crippen LogP) is 2.41. The second-order valence-electron chi connectivity index (χ2n) is 4.83. The molecule has 0 radical (unpaired) electrons. The molecule has 0 spiro atoms. The van der Waals surface area contributed by atoms with Gasteiger partial charge in [-0.25, -0.2) is 0 Å². The van der Waals surface area contributed by atoms with Gasteiger partial charge in [0, 0.05) is 6.54 Å². The summed E-state index contributed by atoms with van der Waals surface area (Å²) in [5.74, 6) is 1.01. The van der Waals surface area contributed by atoms with E-state index in [0.717, 1.165) is 5.92 Å². The first-order valence-electron chi connectivity index (χ1n) is 6.51. The lowest BCUT2D eigenvalue weighted by Crippen LogP contribution is -2.35.